The molecule has 2 N–H and O–H groups in total. The summed E-state index contributed by atoms with van der Waals surface area (Å²) in [7, 11) is 0. The lowest BCUT2D eigenvalue weighted by molar-refractivity contribution is -0.383. The lowest BCUT2D eigenvalue weighted by Gasteiger charge is -2.11. The summed E-state index contributed by atoms with van der Waals surface area (Å²) in [5.41, 5.74) is 0.969. The molecule has 148 valence electrons. The van der Waals surface area contributed by atoms with E-state index in [0.717, 1.165) is 5.56 Å². The van der Waals surface area contributed by atoms with Crippen LogP contribution in [0.3, 0.4) is 0 Å². The molecular formula is C18H13Cl2N5O4. The summed E-state index contributed by atoms with van der Waals surface area (Å²) in [5, 5.41) is 18.3. The zero-order valence-electron chi connectivity index (χ0n) is 14.7. The van der Waals surface area contributed by atoms with Crippen LogP contribution in [0.15, 0.2) is 42.7 Å². The number of hydrogen-bond acceptors (Lipinski definition) is 8. The largest absolute Gasteiger partial charge is 0.454 e. The van der Waals surface area contributed by atoms with Crippen LogP contribution in [0.1, 0.15) is 5.56 Å². The number of ether oxygens (including phenoxy) is 2. The van der Waals surface area contributed by atoms with Crippen molar-refractivity contribution in [2.24, 2.45) is 0 Å². The summed E-state index contributed by atoms with van der Waals surface area (Å²) in [5.74, 6) is 1.35. The highest BCUT2D eigenvalue weighted by Crippen LogP contribution is 2.35. The van der Waals surface area contributed by atoms with Gasteiger partial charge in [0, 0.05) is 11.6 Å². The molecule has 0 saturated heterocycles. The van der Waals surface area contributed by atoms with E-state index in [2.05, 4.69) is 20.6 Å². The first-order chi connectivity index (χ1) is 14.0. The Morgan fingerprint density at radius 3 is 2.66 bits per heavy atom. The standard InChI is InChI=1S/C18H13Cl2N5O4/c19-11-2-3-13(12(20)6-11)24-18-16(25(26)27)17(22-8-23-18)21-7-10-1-4-14-15(5-10)29-9-28-14/h1-6,8H,7,9H2,(H2,21,22,23,24). The molecule has 0 bridgehead atoms. The van der Waals surface area contributed by atoms with E-state index >= 15 is 0 Å². The molecule has 0 fully saturated rings. The van der Waals surface area contributed by atoms with Crippen LogP contribution in [0.2, 0.25) is 10.0 Å². The number of hydrogen-bond donors (Lipinski definition) is 2. The van der Waals surface area contributed by atoms with Crippen molar-refractivity contribution in [3.8, 4) is 11.5 Å². The number of benzene rings is 2. The zero-order valence-corrected chi connectivity index (χ0v) is 16.2. The molecule has 29 heavy (non-hydrogen) atoms. The molecule has 11 heteroatoms. The van der Waals surface area contributed by atoms with Gasteiger partial charge in [0.15, 0.2) is 11.5 Å². The van der Waals surface area contributed by atoms with E-state index in [9.17, 15) is 10.1 Å². The van der Waals surface area contributed by atoms with Crippen LogP contribution < -0.4 is 20.1 Å². The normalized spacial score (nSPS) is 11.9. The van der Waals surface area contributed by atoms with Crippen LogP contribution in [0.5, 0.6) is 11.5 Å². The third-order valence-corrected chi connectivity index (χ3v) is 4.63. The monoisotopic (exact) mass is 433 g/mol. The highest BCUT2D eigenvalue weighted by Gasteiger charge is 2.24. The number of halogens is 2. The summed E-state index contributed by atoms with van der Waals surface area (Å²) in [6, 6.07) is 10.2. The third kappa shape index (κ3) is 4.10. The van der Waals surface area contributed by atoms with Crippen LogP contribution in [0.4, 0.5) is 23.0 Å². The van der Waals surface area contributed by atoms with Gasteiger partial charge in [-0.1, -0.05) is 29.3 Å². The number of aromatic nitrogens is 2. The van der Waals surface area contributed by atoms with Crippen LogP contribution in [0, 0.1) is 10.1 Å². The van der Waals surface area contributed by atoms with Gasteiger partial charge >= 0.3 is 5.69 Å². The van der Waals surface area contributed by atoms with E-state index in [1.165, 1.54) is 12.4 Å². The molecule has 0 aliphatic carbocycles. The van der Waals surface area contributed by atoms with Crippen LogP contribution in [-0.4, -0.2) is 21.7 Å². The molecule has 0 amide bonds. The number of rotatable bonds is 6. The lowest BCUT2D eigenvalue weighted by Crippen LogP contribution is -2.08. The number of nitrogens with zero attached hydrogens (tertiary/aromatic N) is 3. The molecule has 0 unspecified atom stereocenters. The van der Waals surface area contributed by atoms with Crippen molar-refractivity contribution >= 4 is 46.2 Å². The van der Waals surface area contributed by atoms with E-state index in [-0.39, 0.29) is 30.7 Å². The molecule has 1 aromatic heterocycles. The molecule has 1 aliphatic heterocycles. The average molecular weight is 434 g/mol. The molecule has 0 spiro atoms. The summed E-state index contributed by atoms with van der Waals surface area (Å²) < 4.78 is 10.6. The van der Waals surface area contributed by atoms with Gasteiger partial charge < -0.3 is 20.1 Å². The van der Waals surface area contributed by atoms with E-state index < -0.39 is 4.92 Å². The number of nitro groups is 1. The van der Waals surface area contributed by atoms with Crippen molar-refractivity contribution in [2.45, 2.75) is 6.54 Å². The van der Waals surface area contributed by atoms with Gasteiger partial charge in [-0.05, 0) is 35.9 Å². The lowest BCUT2D eigenvalue weighted by atomic mass is 10.2. The first-order valence-electron chi connectivity index (χ1n) is 8.35. The van der Waals surface area contributed by atoms with Crippen LogP contribution in [-0.2, 0) is 6.54 Å². The van der Waals surface area contributed by atoms with E-state index in [1.807, 2.05) is 6.07 Å². The molecule has 4 rings (SSSR count). The van der Waals surface area contributed by atoms with E-state index in [1.54, 1.807) is 24.3 Å². The SMILES string of the molecule is O=[N+]([O-])c1c(NCc2ccc3c(c2)OCO3)ncnc1Nc1ccc(Cl)cc1Cl. The van der Waals surface area contributed by atoms with Gasteiger partial charge in [-0.3, -0.25) is 10.1 Å². The molecule has 0 radical (unpaired) electrons. The predicted octanol–water partition coefficient (Wildman–Crippen LogP) is 4.78. The second kappa shape index (κ2) is 7.98. The Kier molecular flexibility index (Phi) is 5.24. The Morgan fingerprint density at radius 2 is 1.86 bits per heavy atom. The van der Waals surface area contributed by atoms with Crippen molar-refractivity contribution in [1.29, 1.82) is 0 Å². The first-order valence-corrected chi connectivity index (χ1v) is 9.11. The fourth-order valence-corrected chi connectivity index (χ4v) is 3.18. The van der Waals surface area contributed by atoms with Gasteiger partial charge in [0.2, 0.25) is 18.4 Å². The van der Waals surface area contributed by atoms with Gasteiger partial charge in [-0.2, -0.15) is 0 Å². The van der Waals surface area contributed by atoms with Gasteiger partial charge in [0.05, 0.1) is 15.6 Å². The molecule has 0 atom stereocenters. The topological polar surface area (TPSA) is 111 Å². The second-order valence-electron chi connectivity index (χ2n) is 5.97. The summed E-state index contributed by atoms with van der Waals surface area (Å²) in [6.45, 7) is 0.460. The summed E-state index contributed by atoms with van der Waals surface area (Å²) in [6.07, 6.45) is 1.22. The first kappa shape index (κ1) is 19.0. The number of nitrogens with one attached hydrogen (secondary N) is 2. The molecule has 2 aromatic carbocycles. The van der Waals surface area contributed by atoms with E-state index in [0.29, 0.717) is 27.2 Å². The highest BCUT2D eigenvalue weighted by molar-refractivity contribution is 6.36. The summed E-state index contributed by atoms with van der Waals surface area (Å²) >= 11 is 12.0. The quantitative estimate of drug-likeness (QED) is 0.421. The molecule has 0 saturated carbocycles. The maximum Gasteiger partial charge on any atom is 0.353 e. The van der Waals surface area contributed by atoms with Crippen molar-refractivity contribution in [3.63, 3.8) is 0 Å². The third-order valence-electron chi connectivity index (χ3n) is 4.09. The Morgan fingerprint density at radius 1 is 1.07 bits per heavy atom. The Bertz CT molecular complexity index is 1100. The average Bonchev–Trinajstić information content (AvgIpc) is 3.16. The van der Waals surface area contributed by atoms with Crippen LogP contribution in [0.25, 0.3) is 0 Å². The maximum atomic E-state index is 11.7. The molecule has 1 aliphatic rings. The fraction of sp³-hybridized carbons (Fsp3) is 0.111. The van der Waals surface area contributed by atoms with Crippen molar-refractivity contribution in [3.05, 3.63) is 68.4 Å². The van der Waals surface area contributed by atoms with E-state index in [4.69, 9.17) is 32.7 Å². The Labute approximate surface area is 174 Å². The van der Waals surface area contributed by atoms with Gasteiger partial charge in [0.1, 0.15) is 6.33 Å². The fourth-order valence-electron chi connectivity index (χ4n) is 2.73. The van der Waals surface area contributed by atoms with Crippen LogP contribution >= 0.6 is 23.2 Å². The minimum absolute atomic E-state index is 0.00223. The number of anilines is 3. The van der Waals surface area contributed by atoms with Gasteiger partial charge in [-0.15, -0.1) is 0 Å². The van der Waals surface area contributed by atoms with Crippen molar-refractivity contribution in [2.75, 3.05) is 17.4 Å². The molecule has 9 nitrogen and oxygen atoms in total. The van der Waals surface area contributed by atoms with Crippen molar-refractivity contribution < 1.29 is 14.4 Å². The second-order valence-corrected chi connectivity index (χ2v) is 6.81. The zero-order chi connectivity index (χ0) is 20.4. The van der Waals surface area contributed by atoms with Crippen molar-refractivity contribution in [1.82, 2.24) is 9.97 Å². The Hall–Kier alpha value is -3.30. The minimum Gasteiger partial charge on any atom is -0.454 e. The molecular weight excluding hydrogens is 421 g/mol. The molecule has 2 heterocycles. The maximum absolute atomic E-state index is 11.7. The summed E-state index contributed by atoms with van der Waals surface area (Å²) in [4.78, 5) is 19.1. The number of fused-ring (bicyclic) bond motifs is 1. The smallest absolute Gasteiger partial charge is 0.353 e. The van der Waals surface area contributed by atoms with Gasteiger partial charge in [0.25, 0.3) is 0 Å². The minimum atomic E-state index is -0.561. The Balaban J connectivity index is 1.58. The van der Waals surface area contributed by atoms with Gasteiger partial charge in [-0.25, -0.2) is 9.97 Å². The predicted molar refractivity (Wildman–Crippen MR) is 108 cm³/mol. The molecule has 3 aromatic rings. The highest BCUT2D eigenvalue weighted by atomic mass is 35.5.